The summed E-state index contributed by atoms with van der Waals surface area (Å²) in [5.74, 6) is 2.62. The van der Waals surface area contributed by atoms with Crippen molar-refractivity contribution in [2.24, 2.45) is 0 Å². The van der Waals surface area contributed by atoms with Crippen LogP contribution in [0.2, 0.25) is 0 Å². The number of nitrogens with two attached hydrogens (primary N) is 1. The molecule has 2 rings (SSSR count). The highest BCUT2D eigenvalue weighted by molar-refractivity contribution is 7.89. The lowest BCUT2D eigenvalue weighted by Gasteiger charge is -2.32. The van der Waals surface area contributed by atoms with Crippen LogP contribution in [0.4, 0.5) is 5.82 Å². The van der Waals surface area contributed by atoms with Gasteiger partial charge in [-0.1, -0.05) is 5.92 Å². The van der Waals surface area contributed by atoms with E-state index >= 15 is 0 Å². The van der Waals surface area contributed by atoms with Gasteiger partial charge in [0.25, 0.3) is 0 Å². The van der Waals surface area contributed by atoms with Crippen molar-refractivity contribution < 1.29 is 8.42 Å². The summed E-state index contributed by atoms with van der Waals surface area (Å²) in [6, 6.07) is 0. The molecule has 0 saturated carbocycles. The molecule has 7 nitrogen and oxygen atoms in total. The Bertz CT molecular complexity index is 608. The fourth-order valence-electron chi connectivity index (χ4n) is 2.17. The fourth-order valence-corrected chi connectivity index (χ4v) is 3.66. The van der Waals surface area contributed by atoms with Gasteiger partial charge < -0.3 is 5.73 Å². The van der Waals surface area contributed by atoms with Crippen molar-refractivity contribution in [1.29, 1.82) is 0 Å². The number of nitrogen functional groups attached to an aromatic ring is 1. The third-order valence-corrected chi connectivity index (χ3v) is 5.26. The van der Waals surface area contributed by atoms with Gasteiger partial charge in [0.05, 0.1) is 6.54 Å². The zero-order valence-electron chi connectivity index (χ0n) is 11.5. The molecular formula is C12H19N5O2S. The summed E-state index contributed by atoms with van der Waals surface area (Å²) in [5.41, 5.74) is 5.71. The molecule has 1 fully saturated rings. The highest BCUT2D eigenvalue weighted by Gasteiger charge is 2.31. The molecule has 8 heteroatoms. The molecule has 1 aliphatic heterocycles. The number of hydrogen-bond donors (Lipinski definition) is 1. The van der Waals surface area contributed by atoms with Crippen molar-refractivity contribution in [3.63, 3.8) is 0 Å². The second kappa shape index (κ2) is 5.83. The fraction of sp³-hybridized carbons (Fsp3) is 0.583. The van der Waals surface area contributed by atoms with Gasteiger partial charge in [0.1, 0.15) is 4.90 Å². The Balaban J connectivity index is 2.15. The van der Waals surface area contributed by atoms with E-state index in [-0.39, 0.29) is 10.7 Å². The summed E-state index contributed by atoms with van der Waals surface area (Å²) in [5, 5.41) is 3.99. The highest BCUT2D eigenvalue weighted by Crippen LogP contribution is 2.22. The Hall–Kier alpha value is -1.56. The minimum Gasteiger partial charge on any atom is -0.381 e. The molecule has 1 aromatic rings. The van der Waals surface area contributed by atoms with Gasteiger partial charge in [-0.2, -0.15) is 9.40 Å². The molecule has 0 spiro atoms. The summed E-state index contributed by atoms with van der Waals surface area (Å²) in [4.78, 5) is 2.13. The van der Waals surface area contributed by atoms with E-state index in [1.54, 1.807) is 0 Å². The van der Waals surface area contributed by atoms with Crippen molar-refractivity contribution in [1.82, 2.24) is 19.0 Å². The number of nitrogens with zero attached hydrogens (tertiary/aromatic N) is 4. The van der Waals surface area contributed by atoms with Crippen LogP contribution >= 0.6 is 0 Å². The number of piperazine rings is 1. The molecule has 0 atom stereocenters. The van der Waals surface area contributed by atoms with E-state index in [0.29, 0.717) is 39.3 Å². The maximum atomic E-state index is 12.5. The lowest BCUT2D eigenvalue weighted by Crippen LogP contribution is -2.48. The lowest BCUT2D eigenvalue weighted by molar-refractivity contribution is 0.207. The van der Waals surface area contributed by atoms with Crippen LogP contribution in [0.15, 0.2) is 11.1 Å². The maximum Gasteiger partial charge on any atom is 0.248 e. The molecule has 1 aromatic heterocycles. The van der Waals surface area contributed by atoms with E-state index in [9.17, 15) is 8.42 Å². The first-order valence-corrected chi connectivity index (χ1v) is 7.92. The number of anilines is 1. The number of terminal acetylenes is 1. The smallest absolute Gasteiger partial charge is 0.248 e. The van der Waals surface area contributed by atoms with E-state index in [1.807, 2.05) is 11.8 Å². The number of aromatic nitrogens is 2. The van der Waals surface area contributed by atoms with Crippen molar-refractivity contribution in [2.75, 3.05) is 38.5 Å². The standard InChI is InChI=1S/C12H19N5O2S/c1-3-5-15-6-8-17(9-7-15)20(18,19)11-10-16(4-2)14-12(11)13/h1,10H,4-9H2,2H3,(H2,13,14). The summed E-state index contributed by atoms with van der Waals surface area (Å²) < 4.78 is 28.0. The van der Waals surface area contributed by atoms with Crippen LogP contribution in [0.25, 0.3) is 0 Å². The normalized spacial score (nSPS) is 18.0. The molecule has 0 unspecified atom stereocenters. The molecule has 0 radical (unpaired) electrons. The average molecular weight is 297 g/mol. The average Bonchev–Trinajstić information content (AvgIpc) is 2.82. The lowest BCUT2D eigenvalue weighted by atomic mass is 10.4. The molecule has 110 valence electrons. The zero-order chi connectivity index (χ0) is 14.8. The minimum atomic E-state index is -3.57. The second-order valence-electron chi connectivity index (χ2n) is 4.62. The molecule has 20 heavy (non-hydrogen) atoms. The van der Waals surface area contributed by atoms with Crippen LogP contribution < -0.4 is 5.73 Å². The Morgan fingerprint density at radius 1 is 1.40 bits per heavy atom. The third kappa shape index (κ3) is 2.80. The van der Waals surface area contributed by atoms with Crippen LogP contribution in [0.3, 0.4) is 0 Å². The number of hydrogen-bond acceptors (Lipinski definition) is 5. The van der Waals surface area contributed by atoms with Crippen LogP contribution in [-0.4, -0.2) is 60.1 Å². The number of rotatable bonds is 4. The van der Waals surface area contributed by atoms with E-state index in [0.717, 1.165) is 0 Å². The Labute approximate surface area is 119 Å². The molecule has 2 heterocycles. The van der Waals surface area contributed by atoms with Crippen molar-refractivity contribution >= 4 is 15.8 Å². The minimum absolute atomic E-state index is 0.0536. The third-order valence-electron chi connectivity index (χ3n) is 3.34. The van der Waals surface area contributed by atoms with Gasteiger partial charge in [0.2, 0.25) is 10.0 Å². The van der Waals surface area contributed by atoms with Crippen molar-refractivity contribution in [3.05, 3.63) is 6.20 Å². The topological polar surface area (TPSA) is 84.5 Å². The predicted molar refractivity (Wildman–Crippen MR) is 76.3 cm³/mol. The van der Waals surface area contributed by atoms with Crippen LogP contribution in [0.1, 0.15) is 6.92 Å². The maximum absolute atomic E-state index is 12.5. The van der Waals surface area contributed by atoms with Crippen molar-refractivity contribution in [3.8, 4) is 12.3 Å². The Morgan fingerprint density at radius 3 is 2.55 bits per heavy atom. The van der Waals surface area contributed by atoms with Gasteiger partial charge in [-0.3, -0.25) is 9.58 Å². The summed E-state index contributed by atoms with van der Waals surface area (Å²) in [7, 11) is -3.57. The summed E-state index contributed by atoms with van der Waals surface area (Å²) in [6.45, 7) is 5.10. The van der Waals surface area contributed by atoms with Gasteiger partial charge in [-0.15, -0.1) is 6.42 Å². The first-order valence-electron chi connectivity index (χ1n) is 6.48. The van der Waals surface area contributed by atoms with Gasteiger partial charge in [-0.05, 0) is 6.92 Å². The largest absolute Gasteiger partial charge is 0.381 e. The predicted octanol–water partition coefficient (Wildman–Crippen LogP) is -0.575. The van der Waals surface area contributed by atoms with Gasteiger partial charge in [0, 0.05) is 38.9 Å². The van der Waals surface area contributed by atoms with Crippen LogP contribution in [0.5, 0.6) is 0 Å². The van der Waals surface area contributed by atoms with E-state index in [1.165, 1.54) is 15.2 Å². The molecule has 0 amide bonds. The second-order valence-corrected chi connectivity index (χ2v) is 6.52. The zero-order valence-corrected chi connectivity index (χ0v) is 12.3. The molecular weight excluding hydrogens is 278 g/mol. The van der Waals surface area contributed by atoms with Gasteiger partial charge >= 0.3 is 0 Å². The van der Waals surface area contributed by atoms with E-state index < -0.39 is 10.0 Å². The van der Waals surface area contributed by atoms with Crippen molar-refractivity contribution in [2.45, 2.75) is 18.4 Å². The molecule has 2 N–H and O–H groups in total. The Kier molecular flexibility index (Phi) is 4.32. The highest BCUT2D eigenvalue weighted by atomic mass is 32.2. The first-order chi connectivity index (χ1) is 9.48. The van der Waals surface area contributed by atoms with E-state index in [4.69, 9.17) is 12.2 Å². The Morgan fingerprint density at radius 2 is 2.05 bits per heavy atom. The van der Waals surface area contributed by atoms with Gasteiger partial charge in [0.15, 0.2) is 5.82 Å². The number of aryl methyl sites for hydroxylation is 1. The molecule has 1 aliphatic rings. The van der Waals surface area contributed by atoms with Gasteiger partial charge in [-0.25, -0.2) is 8.42 Å². The quantitative estimate of drug-likeness (QED) is 0.752. The number of sulfonamides is 1. The van der Waals surface area contributed by atoms with Crippen LogP contribution in [-0.2, 0) is 16.6 Å². The van der Waals surface area contributed by atoms with Crippen LogP contribution in [0, 0.1) is 12.3 Å². The summed E-state index contributed by atoms with van der Waals surface area (Å²) >= 11 is 0. The first kappa shape index (κ1) is 14.8. The molecule has 0 aliphatic carbocycles. The SMILES string of the molecule is C#CCN1CCN(S(=O)(=O)c2cn(CC)nc2N)CC1. The molecule has 0 bridgehead atoms. The monoisotopic (exact) mass is 297 g/mol. The molecule has 0 aromatic carbocycles. The summed E-state index contributed by atoms with van der Waals surface area (Å²) in [6.07, 6.45) is 6.74. The van der Waals surface area contributed by atoms with E-state index in [2.05, 4.69) is 11.0 Å². The molecule has 1 saturated heterocycles.